The molecule has 0 spiro atoms. The SMILES string of the molecule is c1ccc([C@H]2NCCN[C@@H]2c2ccccc2)cc1. The molecular weight excluding hydrogens is 220 g/mol. The van der Waals surface area contributed by atoms with Gasteiger partial charge in [-0.2, -0.15) is 0 Å². The average molecular weight is 238 g/mol. The Hall–Kier alpha value is -1.64. The standard InChI is InChI=1S/C16H18N2/c1-3-7-13(8-4-1)15-16(18-12-11-17-15)14-9-5-2-6-10-14/h1-10,15-18H,11-12H2/t15-,16-/m1/s1. The minimum atomic E-state index is 0.349. The molecule has 1 aliphatic heterocycles. The Balaban J connectivity index is 1.92. The minimum Gasteiger partial charge on any atom is -0.307 e. The van der Waals surface area contributed by atoms with Crippen molar-refractivity contribution in [2.24, 2.45) is 0 Å². The van der Waals surface area contributed by atoms with Gasteiger partial charge in [-0.25, -0.2) is 0 Å². The Morgan fingerprint density at radius 3 is 1.39 bits per heavy atom. The van der Waals surface area contributed by atoms with E-state index in [1.54, 1.807) is 0 Å². The molecule has 2 aromatic carbocycles. The predicted octanol–water partition coefficient (Wildman–Crippen LogP) is 2.66. The summed E-state index contributed by atoms with van der Waals surface area (Å²) in [7, 11) is 0. The zero-order valence-corrected chi connectivity index (χ0v) is 10.3. The molecule has 2 N–H and O–H groups in total. The molecule has 0 amide bonds. The lowest BCUT2D eigenvalue weighted by molar-refractivity contribution is 0.333. The van der Waals surface area contributed by atoms with Crippen molar-refractivity contribution < 1.29 is 0 Å². The summed E-state index contributed by atoms with van der Waals surface area (Å²) in [6, 6.07) is 22.0. The summed E-state index contributed by atoms with van der Waals surface area (Å²) >= 11 is 0. The van der Waals surface area contributed by atoms with Crippen molar-refractivity contribution in [1.29, 1.82) is 0 Å². The fraction of sp³-hybridized carbons (Fsp3) is 0.250. The van der Waals surface area contributed by atoms with Crippen LogP contribution in [0.15, 0.2) is 60.7 Å². The lowest BCUT2D eigenvalue weighted by atomic mass is 9.92. The molecular formula is C16H18N2. The first-order valence-electron chi connectivity index (χ1n) is 6.52. The average Bonchev–Trinajstić information content (AvgIpc) is 2.49. The van der Waals surface area contributed by atoms with Gasteiger partial charge in [0, 0.05) is 13.1 Å². The molecule has 3 rings (SSSR count). The van der Waals surface area contributed by atoms with Gasteiger partial charge >= 0.3 is 0 Å². The van der Waals surface area contributed by atoms with Crippen molar-refractivity contribution in [3.8, 4) is 0 Å². The van der Waals surface area contributed by atoms with E-state index in [2.05, 4.69) is 71.3 Å². The van der Waals surface area contributed by atoms with Crippen LogP contribution in [0.5, 0.6) is 0 Å². The minimum absolute atomic E-state index is 0.349. The Morgan fingerprint density at radius 2 is 1.00 bits per heavy atom. The van der Waals surface area contributed by atoms with Gasteiger partial charge < -0.3 is 10.6 Å². The maximum atomic E-state index is 3.62. The second-order valence-corrected chi connectivity index (χ2v) is 4.68. The third-order valence-corrected chi connectivity index (χ3v) is 3.50. The van der Waals surface area contributed by atoms with Crippen LogP contribution < -0.4 is 10.6 Å². The molecule has 2 nitrogen and oxygen atoms in total. The fourth-order valence-electron chi connectivity index (χ4n) is 2.63. The van der Waals surface area contributed by atoms with Gasteiger partial charge in [-0.15, -0.1) is 0 Å². The summed E-state index contributed by atoms with van der Waals surface area (Å²) < 4.78 is 0. The summed E-state index contributed by atoms with van der Waals surface area (Å²) in [4.78, 5) is 0. The summed E-state index contributed by atoms with van der Waals surface area (Å²) in [5, 5.41) is 7.24. The maximum absolute atomic E-state index is 3.62. The van der Waals surface area contributed by atoms with Crippen molar-refractivity contribution in [3.05, 3.63) is 71.8 Å². The monoisotopic (exact) mass is 238 g/mol. The van der Waals surface area contributed by atoms with Crippen molar-refractivity contribution >= 4 is 0 Å². The first-order chi connectivity index (χ1) is 8.95. The Kier molecular flexibility index (Phi) is 3.40. The highest BCUT2D eigenvalue weighted by Gasteiger charge is 2.26. The normalized spacial score (nSPS) is 23.8. The summed E-state index contributed by atoms with van der Waals surface area (Å²) in [6.45, 7) is 2.03. The van der Waals surface area contributed by atoms with E-state index in [0.717, 1.165) is 13.1 Å². The van der Waals surface area contributed by atoms with Crippen LogP contribution in [0.1, 0.15) is 23.2 Å². The van der Waals surface area contributed by atoms with E-state index in [0.29, 0.717) is 12.1 Å². The fourth-order valence-corrected chi connectivity index (χ4v) is 2.63. The van der Waals surface area contributed by atoms with Crippen LogP contribution in [0.4, 0.5) is 0 Å². The number of hydrogen-bond acceptors (Lipinski definition) is 2. The second-order valence-electron chi connectivity index (χ2n) is 4.68. The molecule has 0 bridgehead atoms. The number of hydrogen-bond donors (Lipinski definition) is 2. The van der Waals surface area contributed by atoms with E-state index in [9.17, 15) is 0 Å². The van der Waals surface area contributed by atoms with Crippen LogP contribution in [-0.2, 0) is 0 Å². The third-order valence-electron chi connectivity index (χ3n) is 3.50. The number of nitrogens with one attached hydrogen (secondary N) is 2. The van der Waals surface area contributed by atoms with Gasteiger partial charge in [-0.3, -0.25) is 0 Å². The Morgan fingerprint density at radius 1 is 0.611 bits per heavy atom. The Bertz CT molecular complexity index is 433. The molecule has 2 heteroatoms. The first kappa shape index (κ1) is 11.5. The molecule has 2 aromatic rings. The van der Waals surface area contributed by atoms with Crippen LogP contribution in [-0.4, -0.2) is 13.1 Å². The van der Waals surface area contributed by atoms with Crippen LogP contribution in [0.25, 0.3) is 0 Å². The van der Waals surface area contributed by atoms with Gasteiger partial charge in [-0.05, 0) is 11.1 Å². The largest absolute Gasteiger partial charge is 0.307 e. The quantitative estimate of drug-likeness (QED) is 0.840. The lowest BCUT2D eigenvalue weighted by Crippen LogP contribution is -2.45. The summed E-state index contributed by atoms with van der Waals surface area (Å²) in [5.41, 5.74) is 2.69. The first-order valence-corrected chi connectivity index (χ1v) is 6.52. The van der Waals surface area contributed by atoms with Gasteiger partial charge in [-0.1, -0.05) is 60.7 Å². The van der Waals surface area contributed by atoms with Gasteiger partial charge in [0.05, 0.1) is 12.1 Å². The lowest BCUT2D eigenvalue weighted by Gasteiger charge is -2.34. The van der Waals surface area contributed by atoms with Crippen LogP contribution in [0.3, 0.4) is 0 Å². The van der Waals surface area contributed by atoms with E-state index < -0.39 is 0 Å². The topological polar surface area (TPSA) is 24.1 Å². The van der Waals surface area contributed by atoms with Crippen molar-refractivity contribution in [2.75, 3.05) is 13.1 Å². The van der Waals surface area contributed by atoms with Crippen LogP contribution in [0.2, 0.25) is 0 Å². The molecule has 1 aliphatic rings. The molecule has 0 radical (unpaired) electrons. The molecule has 92 valence electrons. The molecule has 2 atom stereocenters. The molecule has 0 aliphatic carbocycles. The van der Waals surface area contributed by atoms with E-state index in [1.807, 2.05) is 0 Å². The van der Waals surface area contributed by atoms with Crippen LogP contribution >= 0.6 is 0 Å². The molecule has 18 heavy (non-hydrogen) atoms. The second kappa shape index (κ2) is 5.34. The van der Waals surface area contributed by atoms with Crippen molar-refractivity contribution in [2.45, 2.75) is 12.1 Å². The number of benzene rings is 2. The van der Waals surface area contributed by atoms with Gasteiger partial charge in [0.15, 0.2) is 0 Å². The number of piperazine rings is 1. The van der Waals surface area contributed by atoms with Gasteiger partial charge in [0.2, 0.25) is 0 Å². The van der Waals surface area contributed by atoms with E-state index in [1.165, 1.54) is 11.1 Å². The van der Waals surface area contributed by atoms with E-state index in [-0.39, 0.29) is 0 Å². The van der Waals surface area contributed by atoms with Crippen LogP contribution in [0, 0.1) is 0 Å². The molecule has 1 fully saturated rings. The van der Waals surface area contributed by atoms with Gasteiger partial charge in [0.25, 0.3) is 0 Å². The van der Waals surface area contributed by atoms with Crippen molar-refractivity contribution in [3.63, 3.8) is 0 Å². The highest BCUT2D eigenvalue weighted by atomic mass is 15.1. The molecule has 0 saturated carbocycles. The summed E-state index contributed by atoms with van der Waals surface area (Å²) in [5.74, 6) is 0. The molecule has 0 aromatic heterocycles. The maximum Gasteiger partial charge on any atom is 0.0518 e. The summed E-state index contributed by atoms with van der Waals surface area (Å²) in [6.07, 6.45) is 0. The highest BCUT2D eigenvalue weighted by Crippen LogP contribution is 2.30. The third kappa shape index (κ3) is 2.30. The highest BCUT2D eigenvalue weighted by molar-refractivity contribution is 5.28. The van der Waals surface area contributed by atoms with Gasteiger partial charge in [0.1, 0.15) is 0 Å². The predicted molar refractivity (Wildman–Crippen MR) is 74.4 cm³/mol. The van der Waals surface area contributed by atoms with E-state index >= 15 is 0 Å². The van der Waals surface area contributed by atoms with Crippen molar-refractivity contribution in [1.82, 2.24) is 10.6 Å². The van der Waals surface area contributed by atoms with E-state index in [4.69, 9.17) is 0 Å². The molecule has 0 unspecified atom stereocenters. The number of rotatable bonds is 2. The zero-order valence-electron chi connectivity index (χ0n) is 10.3. The Labute approximate surface area is 108 Å². The zero-order chi connectivity index (χ0) is 12.2. The smallest absolute Gasteiger partial charge is 0.0518 e. The molecule has 1 heterocycles. The molecule has 1 saturated heterocycles.